The average Bonchev–Trinajstić information content (AvgIpc) is 3.63. The molecule has 3 aromatic carbocycles. The zero-order valence-corrected chi connectivity index (χ0v) is 21.6. The lowest BCUT2D eigenvalue weighted by Gasteiger charge is -2.31. The van der Waals surface area contributed by atoms with Crippen LogP contribution in [0.5, 0.6) is 0 Å². The van der Waals surface area contributed by atoms with Crippen LogP contribution >= 0.6 is 0 Å². The van der Waals surface area contributed by atoms with E-state index < -0.39 is 12.1 Å². The number of nitrogens with one attached hydrogen (secondary N) is 1. The summed E-state index contributed by atoms with van der Waals surface area (Å²) in [5, 5.41) is 4.01. The van der Waals surface area contributed by atoms with E-state index in [1.807, 2.05) is 42.5 Å². The van der Waals surface area contributed by atoms with Gasteiger partial charge in [-0.05, 0) is 49.2 Å². The van der Waals surface area contributed by atoms with Crippen molar-refractivity contribution in [1.82, 2.24) is 14.8 Å². The van der Waals surface area contributed by atoms with E-state index in [-0.39, 0.29) is 18.4 Å². The molecule has 0 fully saturated rings. The number of nitrogens with zero attached hydrogens (tertiary/aromatic N) is 2. The molecule has 2 amide bonds. The number of amides is 2. The quantitative estimate of drug-likeness (QED) is 0.309. The number of aromatic nitrogens is 1. The number of hydrogen-bond acceptors (Lipinski definition) is 3. The lowest BCUT2D eigenvalue weighted by Crippen LogP contribution is -2.46. The Morgan fingerprint density at radius 3 is 2.47 bits per heavy atom. The summed E-state index contributed by atoms with van der Waals surface area (Å²) in [5.41, 5.74) is 6.92. The minimum Gasteiger partial charge on any atom is -0.467 e. The van der Waals surface area contributed by atoms with Gasteiger partial charge < -0.3 is 19.2 Å². The summed E-state index contributed by atoms with van der Waals surface area (Å²) in [6.45, 7) is 4.13. The molecule has 1 N–H and O–H groups in total. The maximum Gasteiger partial charge on any atom is 0.255 e. The highest BCUT2D eigenvalue weighted by Crippen LogP contribution is 2.47. The van der Waals surface area contributed by atoms with E-state index >= 15 is 0 Å². The van der Waals surface area contributed by atoms with E-state index in [0.717, 1.165) is 33.3 Å². The molecule has 38 heavy (non-hydrogen) atoms. The van der Waals surface area contributed by atoms with E-state index in [0.29, 0.717) is 11.3 Å². The summed E-state index contributed by atoms with van der Waals surface area (Å²) in [4.78, 5) is 29.1. The molecule has 1 aliphatic rings. The minimum atomic E-state index is -0.709. The van der Waals surface area contributed by atoms with Gasteiger partial charge in [0.25, 0.3) is 5.91 Å². The molecule has 0 spiro atoms. The van der Waals surface area contributed by atoms with Crippen molar-refractivity contribution < 1.29 is 14.0 Å². The number of carbonyl (C=O) groups excluding carboxylic acids is 2. The maximum atomic E-state index is 13.9. The fourth-order valence-corrected chi connectivity index (χ4v) is 5.65. The third kappa shape index (κ3) is 3.80. The fourth-order valence-electron chi connectivity index (χ4n) is 5.65. The van der Waals surface area contributed by atoms with E-state index in [1.54, 1.807) is 24.2 Å². The first-order valence-corrected chi connectivity index (χ1v) is 12.8. The molecule has 5 aromatic rings. The summed E-state index contributed by atoms with van der Waals surface area (Å²) in [7, 11) is 2.06. The highest BCUT2D eigenvalue weighted by atomic mass is 16.3. The van der Waals surface area contributed by atoms with Crippen molar-refractivity contribution in [3.8, 4) is 11.3 Å². The average molecular weight is 504 g/mol. The van der Waals surface area contributed by atoms with Crippen LogP contribution in [-0.4, -0.2) is 27.3 Å². The maximum absolute atomic E-state index is 13.9. The van der Waals surface area contributed by atoms with Crippen molar-refractivity contribution in [1.29, 1.82) is 0 Å². The van der Waals surface area contributed by atoms with Crippen LogP contribution in [0.2, 0.25) is 0 Å². The lowest BCUT2D eigenvalue weighted by molar-refractivity contribution is -0.125. The Hall–Kier alpha value is -4.58. The summed E-state index contributed by atoms with van der Waals surface area (Å²) in [6, 6.07) is 26.9. The van der Waals surface area contributed by atoms with Crippen LogP contribution in [0, 0.1) is 6.92 Å². The van der Waals surface area contributed by atoms with Gasteiger partial charge in [0.05, 0.1) is 24.5 Å². The van der Waals surface area contributed by atoms with Gasteiger partial charge in [-0.1, -0.05) is 66.2 Å². The molecule has 6 rings (SSSR count). The van der Waals surface area contributed by atoms with Crippen LogP contribution in [0.15, 0.2) is 95.6 Å². The predicted molar refractivity (Wildman–Crippen MR) is 148 cm³/mol. The molecule has 0 bridgehead atoms. The minimum absolute atomic E-state index is 0.144. The number of rotatable bonds is 6. The lowest BCUT2D eigenvalue weighted by atomic mass is 9.92. The van der Waals surface area contributed by atoms with Gasteiger partial charge in [0.1, 0.15) is 11.8 Å². The number of hydrogen-bond donors (Lipinski definition) is 1. The van der Waals surface area contributed by atoms with Gasteiger partial charge in [-0.2, -0.15) is 0 Å². The van der Waals surface area contributed by atoms with Crippen molar-refractivity contribution in [3.63, 3.8) is 0 Å². The molecule has 0 saturated carbocycles. The molecule has 2 aromatic heterocycles. The van der Waals surface area contributed by atoms with Gasteiger partial charge >= 0.3 is 0 Å². The number of fused-ring (bicyclic) bond motifs is 2. The van der Waals surface area contributed by atoms with E-state index in [4.69, 9.17) is 4.42 Å². The smallest absolute Gasteiger partial charge is 0.255 e. The highest BCUT2D eigenvalue weighted by molar-refractivity contribution is 6.04. The Labute approximate surface area is 221 Å². The van der Waals surface area contributed by atoms with Crippen LogP contribution in [-0.2, 0) is 18.4 Å². The molecule has 2 atom stereocenters. The normalized spacial score (nSPS) is 15.6. The molecule has 3 heterocycles. The molecule has 6 nitrogen and oxygen atoms in total. The van der Waals surface area contributed by atoms with Gasteiger partial charge in [-0.25, -0.2) is 0 Å². The Bertz CT molecular complexity index is 1650. The van der Waals surface area contributed by atoms with Gasteiger partial charge in [0.2, 0.25) is 5.91 Å². The van der Waals surface area contributed by atoms with Gasteiger partial charge in [0.15, 0.2) is 0 Å². The SMILES string of the molecule is Cc1ccc(-c2c(C3c4ccccc4C(=O)N3C(C)C(=O)NCc3ccco3)c3ccccc3n2C)cc1. The molecule has 0 aliphatic carbocycles. The Morgan fingerprint density at radius 2 is 1.71 bits per heavy atom. The van der Waals surface area contributed by atoms with Crippen LogP contribution in [0.3, 0.4) is 0 Å². The monoisotopic (exact) mass is 503 g/mol. The molecular formula is C32H29N3O3. The first-order valence-electron chi connectivity index (χ1n) is 12.8. The predicted octanol–water partition coefficient (Wildman–Crippen LogP) is 6.00. The molecule has 0 saturated heterocycles. The van der Waals surface area contributed by atoms with Crippen LogP contribution < -0.4 is 5.32 Å². The van der Waals surface area contributed by atoms with Crippen LogP contribution in [0.4, 0.5) is 0 Å². The van der Waals surface area contributed by atoms with Gasteiger partial charge in [0, 0.05) is 29.1 Å². The summed E-state index contributed by atoms with van der Waals surface area (Å²) >= 11 is 0. The van der Waals surface area contributed by atoms with E-state index in [9.17, 15) is 9.59 Å². The second kappa shape index (κ2) is 9.38. The molecule has 1 aliphatic heterocycles. The van der Waals surface area contributed by atoms with Crippen molar-refractivity contribution in [2.24, 2.45) is 7.05 Å². The third-order valence-corrected chi connectivity index (χ3v) is 7.56. The zero-order chi connectivity index (χ0) is 26.4. The second-order valence-electron chi connectivity index (χ2n) is 9.88. The van der Waals surface area contributed by atoms with E-state index in [2.05, 4.69) is 60.3 Å². The number of para-hydroxylation sites is 1. The van der Waals surface area contributed by atoms with E-state index in [1.165, 1.54) is 5.56 Å². The highest BCUT2D eigenvalue weighted by Gasteiger charge is 2.44. The number of furan rings is 1. The summed E-state index contributed by atoms with van der Waals surface area (Å²) in [5.74, 6) is 0.285. The van der Waals surface area contributed by atoms with Crippen molar-refractivity contribution in [3.05, 3.63) is 119 Å². The first kappa shape index (κ1) is 23.8. The Morgan fingerprint density at radius 1 is 0.974 bits per heavy atom. The van der Waals surface area contributed by atoms with Crippen LogP contribution in [0.25, 0.3) is 22.2 Å². The van der Waals surface area contributed by atoms with Crippen molar-refractivity contribution in [2.45, 2.75) is 32.5 Å². The second-order valence-corrected chi connectivity index (χ2v) is 9.88. The van der Waals surface area contributed by atoms with Crippen molar-refractivity contribution in [2.75, 3.05) is 0 Å². The summed E-state index contributed by atoms with van der Waals surface area (Å²) in [6.07, 6.45) is 1.58. The molecule has 0 radical (unpaired) electrons. The van der Waals surface area contributed by atoms with Gasteiger partial charge in [-0.3, -0.25) is 9.59 Å². The Kier molecular flexibility index (Phi) is 5.87. The van der Waals surface area contributed by atoms with Crippen LogP contribution in [0.1, 0.15) is 45.8 Å². The number of carbonyl (C=O) groups is 2. The molecule has 190 valence electrons. The van der Waals surface area contributed by atoms with Crippen molar-refractivity contribution >= 4 is 22.7 Å². The largest absolute Gasteiger partial charge is 0.467 e. The van der Waals surface area contributed by atoms with Gasteiger partial charge in [-0.15, -0.1) is 0 Å². The summed E-state index contributed by atoms with van der Waals surface area (Å²) < 4.78 is 7.57. The molecular weight excluding hydrogens is 474 g/mol. The fraction of sp³-hybridized carbons (Fsp3) is 0.188. The topological polar surface area (TPSA) is 67.5 Å². The number of benzene rings is 3. The molecule has 2 unspecified atom stereocenters. The first-order chi connectivity index (χ1) is 18.5. The zero-order valence-electron chi connectivity index (χ0n) is 21.6. The Balaban J connectivity index is 1.52. The standard InChI is InChI=1S/C32H29N3O3/c1-20-14-16-22(17-15-20)29-28(26-12-6-7-13-27(26)34(29)3)30-24-10-4-5-11-25(24)32(37)35(30)21(2)31(36)33-19-23-9-8-18-38-23/h4-18,21,30H,19H2,1-3H3,(H,33,36). The third-order valence-electron chi connectivity index (χ3n) is 7.56. The molecule has 6 heteroatoms. The number of aryl methyl sites for hydroxylation is 2.